The fourth-order valence-corrected chi connectivity index (χ4v) is 2.52. The Hall–Kier alpha value is -2.33. The summed E-state index contributed by atoms with van der Waals surface area (Å²) < 4.78 is 7.31. The van der Waals surface area contributed by atoms with E-state index in [2.05, 4.69) is 29.5 Å². The van der Waals surface area contributed by atoms with Crippen molar-refractivity contribution in [3.05, 3.63) is 66.0 Å². The fraction of sp³-hybridized carbons (Fsp3) is 0.235. The number of fused-ring (bicyclic) bond motifs is 1. The number of benzene rings is 1. The zero-order chi connectivity index (χ0) is 14.7. The van der Waals surface area contributed by atoms with Gasteiger partial charge in [0.2, 0.25) is 0 Å². The smallest absolute Gasteiger partial charge is 0.123 e. The normalized spacial score (nSPS) is 12.5. The molecule has 3 aromatic rings. The first-order valence-electron chi connectivity index (χ1n) is 7.07. The minimum Gasteiger partial charge on any atom is -0.496 e. The maximum Gasteiger partial charge on any atom is 0.123 e. The fourth-order valence-electron chi connectivity index (χ4n) is 2.52. The van der Waals surface area contributed by atoms with Crippen LogP contribution in [-0.2, 0) is 6.54 Å². The number of nitrogens with zero attached hydrogens (tertiary/aromatic N) is 2. The monoisotopic (exact) mass is 281 g/mol. The molecule has 1 unspecified atom stereocenters. The molecule has 1 N–H and O–H groups in total. The van der Waals surface area contributed by atoms with Crippen LogP contribution < -0.4 is 10.1 Å². The highest BCUT2D eigenvalue weighted by molar-refractivity contribution is 5.53. The van der Waals surface area contributed by atoms with E-state index in [-0.39, 0.29) is 6.04 Å². The predicted molar refractivity (Wildman–Crippen MR) is 83.4 cm³/mol. The van der Waals surface area contributed by atoms with Crippen molar-refractivity contribution in [3.63, 3.8) is 0 Å². The van der Waals surface area contributed by atoms with Crippen LogP contribution in [0.5, 0.6) is 5.75 Å². The number of para-hydroxylation sites is 1. The molecule has 0 bridgehead atoms. The van der Waals surface area contributed by atoms with Crippen molar-refractivity contribution in [1.82, 2.24) is 14.9 Å². The molecule has 3 rings (SSSR count). The molecule has 4 nitrogen and oxygen atoms in total. The van der Waals surface area contributed by atoms with E-state index in [0.717, 1.165) is 23.4 Å². The maximum atomic E-state index is 5.42. The van der Waals surface area contributed by atoms with Gasteiger partial charge in [-0.25, -0.2) is 4.52 Å². The molecule has 0 aliphatic carbocycles. The van der Waals surface area contributed by atoms with Gasteiger partial charge in [-0.2, -0.15) is 5.10 Å². The third-order valence-corrected chi connectivity index (χ3v) is 3.71. The van der Waals surface area contributed by atoms with Gasteiger partial charge in [0.1, 0.15) is 5.75 Å². The summed E-state index contributed by atoms with van der Waals surface area (Å²) in [6.07, 6.45) is 3.87. The lowest BCUT2D eigenvalue weighted by Crippen LogP contribution is -2.18. The molecule has 0 saturated heterocycles. The second-order valence-corrected chi connectivity index (χ2v) is 5.04. The summed E-state index contributed by atoms with van der Waals surface area (Å²) in [5, 5.41) is 7.89. The molecule has 21 heavy (non-hydrogen) atoms. The van der Waals surface area contributed by atoms with Crippen LogP contribution in [0.3, 0.4) is 0 Å². The molecule has 0 aliphatic heterocycles. The Morgan fingerprint density at radius 3 is 2.86 bits per heavy atom. The molecule has 0 saturated carbocycles. The molecule has 0 radical (unpaired) electrons. The maximum absolute atomic E-state index is 5.42. The number of nitrogens with one attached hydrogen (secondary N) is 1. The van der Waals surface area contributed by atoms with Crippen molar-refractivity contribution >= 4 is 5.52 Å². The Bertz CT molecular complexity index is 735. The van der Waals surface area contributed by atoms with E-state index in [1.54, 1.807) is 7.11 Å². The molecule has 0 fully saturated rings. The van der Waals surface area contributed by atoms with Crippen LogP contribution in [0.4, 0.5) is 0 Å². The van der Waals surface area contributed by atoms with Crippen LogP contribution >= 0.6 is 0 Å². The number of hydrogen-bond donors (Lipinski definition) is 1. The van der Waals surface area contributed by atoms with Gasteiger partial charge < -0.3 is 10.1 Å². The van der Waals surface area contributed by atoms with E-state index in [1.807, 2.05) is 47.2 Å². The van der Waals surface area contributed by atoms with Crippen LogP contribution in [0.25, 0.3) is 5.52 Å². The van der Waals surface area contributed by atoms with Crippen LogP contribution in [0, 0.1) is 0 Å². The Morgan fingerprint density at radius 1 is 1.19 bits per heavy atom. The first kappa shape index (κ1) is 13.6. The second-order valence-electron chi connectivity index (χ2n) is 5.04. The molecule has 0 spiro atoms. The summed E-state index contributed by atoms with van der Waals surface area (Å²) >= 11 is 0. The van der Waals surface area contributed by atoms with Crippen molar-refractivity contribution in [2.45, 2.75) is 19.5 Å². The second kappa shape index (κ2) is 5.97. The Morgan fingerprint density at radius 2 is 2.00 bits per heavy atom. The van der Waals surface area contributed by atoms with Crippen molar-refractivity contribution in [2.24, 2.45) is 0 Å². The highest BCUT2D eigenvalue weighted by atomic mass is 16.5. The lowest BCUT2D eigenvalue weighted by Gasteiger charge is -2.16. The Kier molecular flexibility index (Phi) is 3.88. The van der Waals surface area contributed by atoms with Gasteiger partial charge in [-0.3, -0.25) is 0 Å². The number of hydrogen-bond acceptors (Lipinski definition) is 3. The minimum absolute atomic E-state index is 0.208. The van der Waals surface area contributed by atoms with Gasteiger partial charge >= 0.3 is 0 Å². The number of ether oxygens (including phenoxy) is 1. The van der Waals surface area contributed by atoms with Crippen LogP contribution in [0.1, 0.15) is 24.1 Å². The van der Waals surface area contributed by atoms with Crippen LogP contribution in [-0.4, -0.2) is 16.7 Å². The summed E-state index contributed by atoms with van der Waals surface area (Å²) in [7, 11) is 1.71. The van der Waals surface area contributed by atoms with Gasteiger partial charge in [0, 0.05) is 29.9 Å². The van der Waals surface area contributed by atoms with Crippen molar-refractivity contribution in [1.29, 1.82) is 0 Å². The van der Waals surface area contributed by atoms with Gasteiger partial charge in [-0.05, 0) is 25.1 Å². The van der Waals surface area contributed by atoms with E-state index in [9.17, 15) is 0 Å². The largest absolute Gasteiger partial charge is 0.496 e. The van der Waals surface area contributed by atoms with Crippen molar-refractivity contribution in [3.8, 4) is 5.75 Å². The highest BCUT2D eigenvalue weighted by Gasteiger charge is 2.11. The summed E-state index contributed by atoms with van der Waals surface area (Å²) in [6.45, 7) is 2.91. The molecule has 1 aromatic carbocycles. The predicted octanol–water partition coefficient (Wildman–Crippen LogP) is 3.19. The van der Waals surface area contributed by atoms with Gasteiger partial charge in [0.15, 0.2) is 0 Å². The van der Waals surface area contributed by atoms with Gasteiger partial charge in [-0.15, -0.1) is 0 Å². The Labute approximate surface area is 124 Å². The molecule has 0 amide bonds. The Balaban J connectivity index is 1.75. The minimum atomic E-state index is 0.208. The average molecular weight is 281 g/mol. The zero-order valence-electron chi connectivity index (χ0n) is 12.3. The highest BCUT2D eigenvalue weighted by Crippen LogP contribution is 2.24. The zero-order valence-corrected chi connectivity index (χ0v) is 12.3. The lowest BCUT2D eigenvalue weighted by atomic mass is 10.1. The standard InChI is InChI=1S/C17H19N3O/c1-13(15-7-3-4-9-17(15)21-2)18-11-14-12-19-20-10-6-5-8-16(14)20/h3-10,12-13,18H,11H2,1-2H3. The van der Waals surface area contributed by atoms with Crippen LogP contribution in [0.15, 0.2) is 54.9 Å². The van der Waals surface area contributed by atoms with Crippen molar-refractivity contribution in [2.75, 3.05) is 7.11 Å². The van der Waals surface area contributed by atoms with Gasteiger partial charge in [-0.1, -0.05) is 24.3 Å². The first-order valence-corrected chi connectivity index (χ1v) is 7.07. The molecule has 2 aromatic heterocycles. The molecular weight excluding hydrogens is 262 g/mol. The molecule has 0 aliphatic rings. The first-order chi connectivity index (χ1) is 10.3. The molecule has 108 valence electrons. The number of methoxy groups -OCH3 is 1. The number of aromatic nitrogens is 2. The molecule has 2 heterocycles. The summed E-state index contributed by atoms with van der Waals surface area (Å²) in [5.41, 5.74) is 3.49. The summed E-state index contributed by atoms with van der Waals surface area (Å²) in [5.74, 6) is 0.914. The third kappa shape index (κ3) is 2.76. The van der Waals surface area contributed by atoms with E-state index in [1.165, 1.54) is 5.56 Å². The number of rotatable bonds is 5. The molecular formula is C17H19N3O. The SMILES string of the molecule is COc1ccccc1C(C)NCc1cnn2ccccc12. The lowest BCUT2D eigenvalue weighted by molar-refractivity contribution is 0.401. The average Bonchev–Trinajstić information content (AvgIpc) is 2.96. The van der Waals surface area contributed by atoms with E-state index in [4.69, 9.17) is 4.74 Å². The van der Waals surface area contributed by atoms with Crippen LogP contribution in [0.2, 0.25) is 0 Å². The summed E-state index contributed by atoms with van der Waals surface area (Å²) in [6, 6.07) is 14.4. The van der Waals surface area contributed by atoms with Gasteiger partial charge in [0.25, 0.3) is 0 Å². The molecule has 1 atom stereocenters. The third-order valence-electron chi connectivity index (χ3n) is 3.71. The van der Waals surface area contributed by atoms with Gasteiger partial charge in [0.05, 0.1) is 18.8 Å². The topological polar surface area (TPSA) is 38.6 Å². The number of pyridine rings is 1. The van der Waals surface area contributed by atoms with E-state index < -0.39 is 0 Å². The van der Waals surface area contributed by atoms with Crippen molar-refractivity contribution < 1.29 is 4.74 Å². The molecule has 4 heteroatoms. The van der Waals surface area contributed by atoms with E-state index >= 15 is 0 Å². The summed E-state index contributed by atoms with van der Waals surface area (Å²) in [4.78, 5) is 0. The quantitative estimate of drug-likeness (QED) is 0.780. The van der Waals surface area contributed by atoms with E-state index in [0.29, 0.717) is 0 Å².